The second kappa shape index (κ2) is 6.66. The largest absolute Gasteiger partial charge is 0.288 e. The highest BCUT2D eigenvalue weighted by molar-refractivity contribution is 7.25. The van der Waals surface area contributed by atoms with Gasteiger partial charge in [0, 0.05) is 20.2 Å². The number of benzene rings is 3. The molecule has 0 aliphatic rings. The van der Waals surface area contributed by atoms with E-state index in [4.69, 9.17) is 0 Å². The SMILES string of the molecule is CC=CCc1ccc(-c2ccccc2)c2sc3ccccc3c(=O)c12. The lowest BCUT2D eigenvalue weighted by atomic mass is 9.98. The Morgan fingerprint density at radius 1 is 0.920 bits per heavy atom. The van der Waals surface area contributed by atoms with Gasteiger partial charge in [-0.2, -0.15) is 0 Å². The predicted molar refractivity (Wildman–Crippen MR) is 110 cm³/mol. The number of fused-ring (bicyclic) bond motifs is 2. The molecule has 0 spiro atoms. The van der Waals surface area contributed by atoms with Gasteiger partial charge in [0.15, 0.2) is 5.43 Å². The van der Waals surface area contributed by atoms with Crippen molar-refractivity contribution in [2.24, 2.45) is 0 Å². The summed E-state index contributed by atoms with van der Waals surface area (Å²) in [5, 5.41) is 1.68. The lowest BCUT2D eigenvalue weighted by Gasteiger charge is -2.11. The van der Waals surface area contributed by atoms with Gasteiger partial charge in [-0.25, -0.2) is 0 Å². The Balaban J connectivity index is 2.14. The van der Waals surface area contributed by atoms with Gasteiger partial charge in [-0.05, 0) is 42.2 Å². The number of rotatable bonds is 3. The standard InChI is InChI=1S/C23H18OS/c1-2-3-9-17-14-15-18(16-10-5-4-6-11-16)23-21(17)22(24)19-12-7-8-13-20(19)25-23/h2-8,10-15H,9H2,1H3. The minimum atomic E-state index is 0.140. The number of hydrogen-bond acceptors (Lipinski definition) is 2. The van der Waals surface area contributed by atoms with Gasteiger partial charge in [0.25, 0.3) is 0 Å². The minimum absolute atomic E-state index is 0.140. The molecule has 0 saturated carbocycles. The van der Waals surface area contributed by atoms with Crippen molar-refractivity contribution < 1.29 is 0 Å². The summed E-state index contributed by atoms with van der Waals surface area (Å²) in [6.45, 7) is 2.01. The Bertz CT molecular complexity index is 1140. The van der Waals surface area contributed by atoms with Gasteiger partial charge >= 0.3 is 0 Å². The van der Waals surface area contributed by atoms with Crippen molar-refractivity contribution >= 4 is 31.5 Å². The average Bonchev–Trinajstić information content (AvgIpc) is 2.67. The molecule has 0 saturated heterocycles. The molecule has 3 aromatic carbocycles. The fourth-order valence-electron chi connectivity index (χ4n) is 3.23. The molecule has 122 valence electrons. The lowest BCUT2D eigenvalue weighted by molar-refractivity contribution is 1.29. The van der Waals surface area contributed by atoms with Crippen LogP contribution in [0.1, 0.15) is 12.5 Å². The summed E-state index contributed by atoms with van der Waals surface area (Å²) in [5.41, 5.74) is 3.52. The summed E-state index contributed by atoms with van der Waals surface area (Å²) in [6.07, 6.45) is 4.92. The van der Waals surface area contributed by atoms with Gasteiger partial charge in [0.05, 0.1) is 0 Å². The third-order valence-electron chi connectivity index (χ3n) is 4.47. The fourth-order valence-corrected chi connectivity index (χ4v) is 4.49. The molecule has 0 bridgehead atoms. The Morgan fingerprint density at radius 2 is 1.68 bits per heavy atom. The Hall–Kier alpha value is -2.71. The molecule has 0 aliphatic heterocycles. The van der Waals surface area contributed by atoms with Crippen LogP contribution in [-0.2, 0) is 6.42 Å². The van der Waals surface area contributed by atoms with Crippen LogP contribution in [0.25, 0.3) is 31.3 Å². The third kappa shape index (κ3) is 2.79. The zero-order valence-electron chi connectivity index (χ0n) is 14.0. The molecule has 0 radical (unpaired) electrons. The second-order valence-corrected chi connectivity index (χ2v) is 7.10. The minimum Gasteiger partial charge on any atom is -0.288 e. The Kier molecular flexibility index (Phi) is 4.21. The number of hydrogen-bond donors (Lipinski definition) is 0. The maximum Gasteiger partial charge on any atom is 0.196 e. The molecule has 1 aromatic heterocycles. The zero-order chi connectivity index (χ0) is 17.2. The topological polar surface area (TPSA) is 17.1 Å². The van der Waals surface area contributed by atoms with Crippen LogP contribution in [0.4, 0.5) is 0 Å². The van der Waals surface area contributed by atoms with Crippen molar-refractivity contribution in [2.45, 2.75) is 13.3 Å². The summed E-state index contributed by atoms with van der Waals surface area (Å²) >= 11 is 1.71. The summed E-state index contributed by atoms with van der Waals surface area (Å²) in [5.74, 6) is 0. The van der Waals surface area contributed by atoms with Crippen LogP contribution in [0.3, 0.4) is 0 Å². The van der Waals surface area contributed by atoms with Crippen LogP contribution in [0.2, 0.25) is 0 Å². The van der Waals surface area contributed by atoms with E-state index in [0.717, 1.165) is 43.3 Å². The summed E-state index contributed by atoms with van der Waals surface area (Å²) < 4.78 is 2.12. The molecule has 25 heavy (non-hydrogen) atoms. The summed E-state index contributed by atoms with van der Waals surface area (Å²) in [7, 11) is 0. The van der Waals surface area contributed by atoms with E-state index in [9.17, 15) is 4.79 Å². The molecule has 0 aliphatic carbocycles. The molecule has 1 nitrogen and oxygen atoms in total. The van der Waals surface area contributed by atoms with E-state index >= 15 is 0 Å². The van der Waals surface area contributed by atoms with Gasteiger partial charge < -0.3 is 0 Å². The predicted octanol–water partition coefficient (Wildman–Crippen LogP) is 6.20. The maximum atomic E-state index is 13.2. The second-order valence-electron chi connectivity index (χ2n) is 6.04. The van der Waals surface area contributed by atoms with E-state index in [1.54, 1.807) is 11.3 Å². The molecule has 0 unspecified atom stereocenters. The van der Waals surface area contributed by atoms with Crippen LogP contribution in [0, 0.1) is 0 Å². The van der Waals surface area contributed by atoms with Crippen molar-refractivity contribution in [3.63, 3.8) is 0 Å². The molecule has 4 rings (SSSR count). The zero-order valence-corrected chi connectivity index (χ0v) is 14.8. The molecular formula is C23H18OS. The molecule has 4 aromatic rings. The van der Waals surface area contributed by atoms with Crippen molar-refractivity contribution in [1.82, 2.24) is 0 Å². The molecule has 0 fully saturated rings. The third-order valence-corrected chi connectivity index (χ3v) is 5.68. The monoisotopic (exact) mass is 342 g/mol. The van der Waals surface area contributed by atoms with E-state index in [1.165, 1.54) is 0 Å². The highest BCUT2D eigenvalue weighted by Crippen LogP contribution is 2.35. The lowest BCUT2D eigenvalue weighted by Crippen LogP contribution is -2.04. The van der Waals surface area contributed by atoms with Crippen molar-refractivity contribution in [2.75, 3.05) is 0 Å². The summed E-state index contributed by atoms with van der Waals surface area (Å²) in [6, 6.07) is 22.5. The van der Waals surface area contributed by atoms with E-state index in [2.05, 4.69) is 30.3 Å². The first-order valence-corrected chi connectivity index (χ1v) is 9.25. The van der Waals surface area contributed by atoms with E-state index in [-0.39, 0.29) is 5.43 Å². The molecule has 1 heterocycles. The van der Waals surface area contributed by atoms with Gasteiger partial charge in [-0.15, -0.1) is 11.3 Å². The average molecular weight is 342 g/mol. The normalized spacial score (nSPS) is 11.6. The first-order valence-electron chi connectivity index (χ1n) is 8.43. The first kappa shape index (κ1) is 15.8. The quantitative estimate of drug-likeness (QED) is 0.320. The number of allylic oxidation sites excluding steroid dienone is 2. The van der Waals surface area contributed by atoms with Crippen LogP contribution in [0.5, 0.6) is 0 Å². The molecule has 0 N–H and O–H groups in total. The van der Waals surface area contributed by atoms with Crippen molar-refractivity contribution in [3.05, 3.63) is 94.7 Å². The Morgan fingerprint density at radius 3 is 2.48 bits per heavy atom. The highest BCUT2D eigenvalue weighted by atomic mass is 32.1. The van der Waals surface area contributed by atoms with Gasteiger partial charge in [-0.1, -0.05) is 66.7 Å². The van der Waals surface area contributed by atoms with Crippen LogP contribution in [-0.4, -0.2) is 0 Å². The molecule has 0 amide bonds. The summed E-state index contributed by atoms with van der Waals surface area (Å²) in [4.78, 5) is 13.2. The van der Waals surface area contributed by atoms with E-state index in [1.807, 2.05) is 55.5 Å². The van der Waals surface area contributed by atoms with E-state index in [0.29, 0.717) is 0 Å². The molecular weight excluding hydrogens is 324 g/mol. The maximum absolute atomic E-state index is 13.2. The molecule has 2 heteroatoms. The molecule has 0 atom stereocenters. The van der Waals surface area contributed by atoms with Gasteiger partial charge in [0.1, 0.15) is 0 Å². The van der Waals surface area contributed by atoms with Gasteiger partial charge in [0.2, 0.25) is 0 Å². The smallest absolute Gasteiger partial charge is 0.196 e. The highest BCUT2D eigenvalue weighted by Gasteiger charge is 2.13. The van der Waals surface area contributed by atoms with Crippen molar-refractivity contribution in [1.29, 1.82) is 0 Å². The first-order chi connectivity index (χ1) is 12.3. The van der Waals surface area contributed by atoms with Crippen molar-refractivity contribution in [3.8, 4) is 11.1 Å². The van der Waals surface area contributed by atoms with E-state index < -0.39 is 0 Å². The van der Waals surface area contributed by atoms with Crippen LogP contribution >= 0.6 is 11.3 Å². The fraction of sp³-hybridized carbons (Fsp3) is 0.0870. The van der Waals surface area contributed by atoms with Crippen LogP contribution in [0.15, 0.2) is 83.7 Å². The Labute approximate surface area is 150 Å². The van der Waals surface area contributed by atoms with Crippen LogP contribution < -0.4 is 5.43 Å². The van der Waals surface area contributed by atoms with Gasteiger partial charge in [-0.3, -0.25) is 4.79 Å².